The molecule has 0 bridgehead atoms. The third-order valence-electron chi connectivity index (χ3n) is 4.54. The molecule has 1 saturated heterocycles. The van der Waals surface area contributed by atoms with Gasteiger partial charge in [-0.2, -0.15) is 0 Å². The number of benzene rings is 2. The molecule has 1 N–H and O–H groups in total. The highest BCUT2D eigenvalue weighted by Gasteiger charge is 2.57. The number of hydrogen-bond acceptors (Lipinski definition) is 5. The van der Waals surface area contributed by atoms with Gasteiger partial charge in [0.05, 0.1) is 5.57 Å². The number of carbonyl (C=O) groups excluding carboxylic acids is 3. The van der Waals surface area contributed by atoms with E-state index in [1.54, 1.807) is 60.9 Å². The Balaban J connectivity index is 2.09. The van der Waals surface area contributed by atoms with E-state index in [4.69, 9.17) is 4.74 Å². The summed E-state index contributed by atoms with van der Waals surface area (Å²) < 4.78 is 5.09. The van der Waals surface area contributed by atoms with Gasteiger partial charge in [-0.1, -0.05) is 52.5 Å². The van der Waals surface area contributed by atoms with Crippen molar-refractivity contribution in [2.45, 2.75) is 11.8 Å². The Morgan fingerprint density at radius 1 is 0.929 bits per heavy atom. The minimum absolute atomic E-state index is 0.0201. The maximum Gasteiger partial charge on any atom is 0.336 e. The number of hydrogen-bond donors (Lipinski definition) is 1. The predicted octanol–water partition coefficient (Wildman–Crippen LogP) is 3.11. The smallest absolute Gasteiger partial charge is 0.336 e. The second-order valence-electron chi connectivity index (χ2n) is 6.32. The highest BCUT2D eigenvalue weighted by molar-refractivity contribution is 8.69. The molecule has 0 aliphatic carbocycles. The molecule has 0 amide bonds. The summed E-state index contributed by atoms with van der Waals surface area (Å²) in [6, 6.07) is 15.2. The van der Waals surface area contributed by atoms with Gasteiger partial charge in [0.1, 0.15) is 6.61 Å². The largest absolute Gasteiger partial charge is 0.478 e. The van der Waals surface area contributed by atoms with Crippen molar-refractivity contribution in [2.24, 2.45) is 0 Å². The molecule has 0 radical (unpaired) electrons. The van der Waals surface area contributed by atoms with Crippen molar-refractivity contribution in [3.63, 3.8) is 0 Å². The van der Waals surface area contributed by atoms with Crippen LogP contribution in [0.25, 0.3) is 11.1 Å². The molecule has 3 rings (SSSR count). The summed E-state index contributed by atoms with van der Waals surface area (Å²) >= 11 is 0. The lowest BCUT2D eigenvalue weighted by atomic mass is 9.95. The standard InChI is InChI=1S/C21H18O6S/c1-13(22)27-12-17(18(19(23)24)15-6-4-3-5-7-15)14-8-10-16(11-9-14)28(2)20(25)21(28)26/h3-11H,12H2,1-2H3,(H,23,24)/b18-17+. The van der Waals surface area contributed by atoms with Gasteiger partial charge >= 0.3 is 11.9 Å². The van der Waals surface area contributed by atoms with E-state index in [0.29, 0.717) is 21.6 Å². The van der Waals surface area contributed by atoms with E-state index in [1.165, 1.54) is 6.92 Å². The molecule has 7 heteroatoms. The van der Waals surface area contributed by atoms with Crippen molar-refractivity contribution in [1.29, 1.82) is 0 Å². The van der Waals surface area contributed by atoms with Gasteiger partial charge in [-0.3, -0.25) is 14.4 Å². The van der Waals surface area contributed by atoms with Gasteiger partial charge in [-0.15, -0.1) is 0 Å². The fourth-order valence-corrected chi connectivity index (χ4v) is 4.87. The first-order valence-corrected chi connectivity index (χ1v) is 10.4. The predicted molar refractivity (Wildman–Crippen MR) is 106 cm³/mol. The minimum atomic E-state index is -2.06. The fourth-order valence-electron chi connectivity index (χ4n) is 2.89. The molecule has 0 saturated carbocycles. The minimum Gasteiger partial charge on any atom is -0.478 e. The summed E-state index contributed by atoms with van der Waals surface area (Å²) in [6.45, 7) is 1.03. The lowest BCUT2D eigenvalue weighted by Crippen LogP contribution is -2.10. The third-order valence-corrected chi connectivity index (χ3v) is 7.40. The van der Waals surface area contributed by atoms with Crippen LogP contribution in [0.3, 0.4) is 0 Å². The number of carbonyl (C=O) groups is 4. The van der Waals surface area contributed by atoms with E-state index in [-0.39, 0.29) is 22.4 Å². The molecule has 6 nitrogen and oxygen atoms in total. The van der Waals surface area contributed by atoms with E-state index in [0.717, 1.165) is 0 Å². The zero-order valence-corrected chi connectivity index (χ0v) is 16.1. The van der Waals surface area contributed by atoms with Gasteiger partial charge in [0.25, 0.3) is 10.2 Å². The highest BCUT2D eigenvalue weighted by Crippen LogP contribution is 2.67. The zero-order chi connectivity index (χ0) is 20.5. The lowest BCUT2D eigenvalue weighted by molar-refractivity contribution is -0.139. The molecule has 1 aliphatic heterocycles. The monoisotopic (exact) mass is 398 g/mol. The first-order chi connectivity index (χ1) is 13.3. The van der Waals surface area contributed by atoms with Crippen molar-refractivity contribution >= 4 is 43.3 Å². The van der Waals surface area contributed by atoms with Gasteiger partial charge in [0, 0.05) is 17.4 Å². The number of rotatable bonds is 6. The Hall–Kier alpha value is -3.19. The summed E-state index contributed by atoms with van der Waals surface area (Å²) in [7, 11) is -2.06. The second kappa shape index (κ2) is 7.44. The molecule has 2 aromatic rings. The Bertz CT molecular complexity index is 991. The van der Waals surface area contributed by atoms with Crippen molar-refractivity contribution in [2.75, 3.05) is 12.9 Å². The van der Waals surface area contributed by atoms with Gasteiger partial charge < -0.3 is 9.84 Å². The Labute approximate surface area is 163 Å². The van der Waals surface area contributed by atoms with Crippen LogP contribution in [0.15, 0.2) is 59.5 Å². The zero-order valence-electron chi connectivity index (χ0n) is 15.3. The second-order valence-corrected chi connectivity index (χ2v) is 9.37. The Morgan fingerprint density at radius 2 is 1.50 bits per heavy atom. The highest BCUT2D eigenvalue weighted by atomic mass is 32.3. The van der Waals surface area contributed by atoms with Crippen LogP contribution >= 0.6 is 10.0 Å². The maximum absolute atomic E-state index is 12.0. The van der Waals surface area contributed by atoms with Crippen LogP contribution in [0.1, 0.15) is 18.1 Å². The average Bonchev–Trinajstić information content (AvgIpc) is 3.17. The molecule has 0 atom stereocenters. The Morgan fingerprint density at radius 3 is 1.96 bits per heavy atom. The van der Waals surface area contributed by atoms with Crippen LogP contribution in [0.2, 0.25) is 0 Å². The summed E-state index contributed by atoms with van der Waals surface area (Å²) in [5, 5.41) is 9.09. The van der Waals surface area contributed by atoms with E-state index in [1.807, 2.05) is 0 Å². The summed E-state index contributed by atoms with van der Waals surface area (Å²) in [5.74, 6) is -1.68. The number of aliphatic carboxylic acids is 1. The molecular weight excluding hydrogens is 380 g/mol. The van der Waals surface area contributed by atoms with Crippen LogP contribution in [0.4, 0.5) is 0 Å². The fraction of sp³-hybridized carbons (Fsp3) is 0.143. The number of carboxylic acids is 1. The van der Waals surface area contributed by atoms with Crippen LogP contribution in [-0.4, -0.2) is 40.1 Å². The van der Waals surface area contributed by atoms with Gasteiger partial charge in [-0.25, -0.2) is 4.79 Å². The lowest BCUT2D eigenvalue weighted by Gasteiger charge is -2.15. The number of esters is 1. The molecule has 144 valence electrons. The van der Waals surface area contributed by atoms with Gasteiger partial charge in [0.15, 0.2) is 0 Å². The molecule has 1 heterocycles. The van der Waals surface area contributed by atoms with E-state index >= 15 is 0 Å². The Kier molecular flexibility index (Phi) is 5.20. The quantitative estimate of drug-likeness (QED) is 0.264. The van der Waals surface area contributed by atoms with Crippen LogP contribution in [-0.2, 0) is 23.9 Å². The molecule has 2 aromatic carbocycles. The SMILES string of the molecule is CC(=O)OC/C(=C(\C(=O)O)c1ccccc1)c1ccc(S2(C)C(=O)C2=O)cc1. The van der Waals surface area contributed by atoms with E-state index in [2.05, 4.69) is 0 Å². The maximum atomic E-state index is 12.0. The molecule has 28 heavy (non-hydrogen) atoms. The topological polar surface area (TPSA) is 97.7 Å². The normalized spacial score (nSPS) is 16.8. The van der Waals surface area contributed by atoms with Crippen LogP contribution in [0, 0.1) is 0 Å². The molecule has 1 fully saturated rings. The number of carboxylic acid groups (broad SMARTS) is 1. The third kappa shape index (κ3) is 3.48. The van der Waals surface area contributed by atoms with E-state index < -0.39 is 22.0 Å². The van der Waals surface area contributed by atoms with Crippen LogP contribution in [0.5, 0.6) is 0 Å². The summed E-state index contributed by atoms with van der Waals surface area (Å²) in [6.07, 6.45) is 1.65. The van der Waals surface area contributed by atoms with Crippen molar-refractivity contribution < 1.29 is 29.0 Å². The van der Waals surface area contributed by atoms with Gasteiger partial charge in [0.2, 0.25) is 0 Å². The summed E-state index contributed by atoms with van der Waals surface area (Å²) in [5.41, 5.74) is 1.36. The molecule has 0 unspecified atom stereocenters. The average molecular weight is 398 g/mol. The van der Waals surface area contributed by atoms with Crippen molar-refractivity contribution in [3.8, 4) is 0 Å². The first-order valence-electron chi connectivity index (χ1n) is 8.39. The molecule has 1 aliphatic rings. The van der Waals surface area contributed by atoms with Crippen LogP contribution < -0.4 is 0 Å². The van der Waals surface area contributed by atoms with Crippen molar-refractivity contribution in [1.82, 2.24) is 0 Å². The summed E-state index contributed by atoms with van der Waals surface area (Å²) in [4.78, 5) is 47.3. The number of ether oxygens (including phenoxy) is 1. The van der Waals surface area contributed by atoms with E-state index in [9.17, 15) is 24.3 Å². The molecular formula is C21H18O6S. The van der Waals surface area contributed by atoms with Gasteiger partial charge in [-0.05, 0) is 29.5 Å². The molecule has 0 spiro atoms. The first kappa shape index (κ1) is 19.6. The molecule has 0 aromatic heterocycles. The van der Waals surface area contributed by atoms with Crippen molar-refractivity contribution in [3.05, 3.63) is 65.7 Å².